The van der Waals surface area contributed by atoms with E-state index in [0.29, 0.717) is 21.8 Å². The lowest BCUT2D eigenvalue weighted by molar-refractivity contribution is 0.0993. The summed E-state index contributed by atoms with van der Waals surface area (Å²) in [4.78, 5) is 13.8. The zero-order chi connectivity index (χ0) is 13.8. The van der Waals surface area contributed by atoms with Gasteiger partial charge < -0.3 is 4.90 Å². The maximum Gasteiger partial charge on any atom is 0.258 e. The molecule has 19 heavy (non-hydrogen) atoms. The molecule has 0 spiro atoms. The van der Waals surface area contributed by atoms with E-state index in [1.165, 1.54) is 4.90 Å². The van der Waals surface area contributed by atoms with Crippen LogP contribution in [0.1, 0.15) is 15.9 Å². The van der Waals surface area contributed by atoms with Crippen LogP contribution in [0.5, 0.6) is 0 Å². The summed E-state index contributed by atoms with van der Waals surface area (Å²) in [6.45, 7) is 0. The number of nitrogens with zero attached hydrogens (tertiary/aromatic N) is 2. The predicted octanol–water partition coefficient (Wildman–Crippen LogP) is 3.49. The van der Waals surface area contributed by atoms with Crippen molar-refractivity contribution in [1.29, 1.82) is 5.26 Å². The Bertz CT molecular complexity index is 661. The van der Waals surface area contributed by atoms with Crippen LogP contribution in [0.3, 0.4) is 0 Å². The van der Waals surface area contributed by atoms with Crippen molar-refractivity contribution >= 4 is 23.2 Å². The monoisotopic (exact) mass is 270 g/mol. The molecule has 0 aliphatic carbocycles. The highest BCUT2D eigenvalue weighted by molar-refractivity contribution is 6.31. The summed E-state index contributed by atoms with van der Waals surface area (Å²) in [7, 11) is 1.67. The Hall–Kier alpha value is -2.31. The Labute approximate surface area is 116 Å². The van der Waals surface area contributed by atoms with Crippen molar-refractivity contribution < 1.29 is 4.79 Å². The second-order valence-electron chi connectivity index (χ2n) is 4.04. The number of halogens is 1. The maximum absolute atomic E-state index is 12.3. The van der Waals surface area contributed by atoms with Gasteiger partial charge in [-0.2, -0.15) is 5.26 Å². The molecule has 1 amide bonds. The van der Waals surface area contributed by atoms with Crippen molar-refractivity contribution in [2.24, 2.45) is 0 Å². The third-order valence-corrected chi connectivity index (χ3v) is 2.97. The van der Waals surface area contributed by atoms with Crippen LogP contribution in [0.25, 0.3) is 0 Å². The molecule has 0 atom stereocenters. The number of amides is 1. The molecule has 0 aliphatic heterocycles. The lowest BCUT2D eigenvalue weighted by Gasteiger charge is -2.17. The highest BCUT2D eigenvalue weighted by Crippen LogP contribution is 2.18. The Balaban J connectivity index is 2.31. The van der Waals surface area contributed by atoms with Crippen LogP contribution in [0.15, 0.2) is 48.5 Å². The van der Waals surface area contributed by atoms with Gasteiger partial charge in [-0.3, -0.25) is 4.79 Å². The molecule has 2 aromatic carbocycles. The average Bonchev–Trinajstić information content (AvgIpc) is 2.45. The molecule has 0 N–H and O–H groups in total. The quantitative estimate of drug-likeness (QED) is 0.838. The van der Waals surface area contributed by atoms with Gasteiger partial charge in [-0.25, -0.2) is 0 Å². The zero-order valence-electron chi connectivity index (χ0n) is 10.3. The van der Waals surface area contributed by atoms with Gasteiger partial charge in [0.1, 0.15) is 0 Å². The first kappa shape index (κ1) is 13.1. The molecule has 0 saturated heterocycles. The minimum absolute atomic E-state index is 0.169. The fourth-order valence-corrected chi connectivity index (χ4v) is 1.91. The van der Waals surface area contributed by atoms with Crippen molar-refractivity contribution in [2.45, 2.75) is 0 Å². The predicted molar refractivity (Wildman–Crippen MR) is 75.3 cm³/mol. The first-order chi connectivity index (χ1) is 9.11. The van der Waals surface area contributed by atoms with Gasteiger partial charge in [0.25, 0.3) is 5.91 Å². The minimum Gasteiger partial charge on any atom is -0.311 e. The molecular formula is C15H11ClN2O. The van der Waals surface area contributed by atoms with E-state index >= 15 is 0 Å². The summed E-state index contributed by atoms with van der Waals surface area (Å²) in [5, 5.41) is 9.38. The van der Waals surface area contributed by atoms with E-state index in [4.69, 9.17) is 16.9 Å². The zero-order valence-corrected chi connectivity index (χ0v) is 11.1. The molecule has 0 fully saturated rings. The van der Waals surface area contributed by atoms with E-state index in [0.717, 1.165) is 0 Å². The number of carbonyl (C=O) groups is 1. The molecule has 94 valence electrons. The number of anilines is 1. The summed E-state index contributed by atoms with van der Waals surface area (Å²) >= 11 is 5.87. The first-order valence-electron chi connectivity index (χ1n) is 5.65. The molecular weight excluding hydrogens is 260 g/mol. The highest BCUT2D eigenvalue weighted by atomic mass is 35.5. The summed E-state index contributed by atoms with van der Waals surface area (Å²) in [5.41, 5.74) is 1.70. The molecule has 0 aromatic heterocycles. The standard InChI is InChI=1S/C15H11ClN2O/c1-18(14-7-2-4-11(8-14)10-17)15(19)12-5-3-6-13(16)9-12/h2-9H,1H3. The Kier molecular flexibility index (Phi) is 3.84. The number of rotatable bonds is 2. The van der Waals surface area contributed by atoms with Gasteiger partial charge in [0.05, 0.1) is 11.6 Å². The highest BCUT2D eigenvalue weighted by Gasteiger charge is 2.13. The largest absolute Gasteiger partial charge is 0.311 e. The van der Waals surface area contributed by atoms with Crippen LogP contribution >= 0.6 is 11.6 Å². The second kappa shape index (κ2) is 5.55. The summed E-state index contributed by atoms with van der Waals surface area (Å²) in [6.07, 6.45) is 0. The molecule has 0 aliphatic rings. The lowest BCUT2D eigenvalue weighted by Crippen LogP contribution is -2.26. The molecule has 0 saturated carbocycles. The van der Waals surface area contributed by atoms with Crippen molar-refractivity contribution in [3.8, 4) is 6.07 Å². The van der Waals surface area contributed by atoms with Crippen LogP contribution in [0.2, 0.25) is 5.02 Å². The Morgan fingerprint density at radius 2 is 1.95 bits per heavy atom. The van der Waals surface area contributed by atoms with Crippen molar-refractivity contribution in [1.82, 2.24) is 0 Å². The van der Waals surface area contributed by atoms with Crippen LogP contribution in [0.4, 0.5) is 5.69 Å². The normalized spacial score (nSPS) is 9.74. The van der Waals surface area contributed by atoms with E-state index in [1.807, 2.05) is 0 Å². The number of benzene rings is 2. The molecule has 0 heterocycles. The number of nitriles is 1. The topological polar surface area (TPSA) is 44.1 Å². The molecule has 0 radical (unpaired) electrons. The summed E-state index contributed by atoms with van der Waals surface area (Å²) < 4.78 is 0. The van der Waals surface area contributed by atoms with E-state index in [2.05, 4.69) is 6.07 Å². The Morgan fingerprint density at radius 1 is 1.21 bits per heavy atom. The molecule has 4 heteroatoms. The number of hydrogen-bond donors (Lipinski definition) is 0. The Morgan fingerprint density at radius 3 is 2.63 bits per heavy atom. The first-order valence-corrected chi connectivity index (χ1v) is 6.03. The number of hydrogen-bond acceptors (Lipinski definition) is 2. The third-order valence-electron chi connectivity index (χ3n) is 2.74. The van der Waals surface area contributed by atoms with Gasteiger partial charge in [0, 0.05) is 23.3 Å². The molecule has 0 bridgehead atoms. The fraction of sp³-hybridized carbons (Fsp3) is 0.0667. The summed E-state index contributed by atoms with van der Waals surface area (Å²) in [5.74, 6) is -0.169. The van der Waals surface area contributed by atoms with Crippen molar-refractivity contribution in [3.05, 3.63) is 64.7 Å². The minimum atomic E-state index is -0.169. The third kappa shape index (κ3) is 2.93. The van der Waals surface area contributed by atoms with E-state index in [9.17, 15) is 4.79 Å². The lowest BCUT2D eigenvalue weighted by atomic mass is 10.1. The van der Waals surface area contributed by atoms with Crippen molar-refractivity contribution in [3.63, 3.8) is 0 Å². The van der Waals surface area contributed by atoms with Gasteiger partial charge in [-0.15, -0.1) is 0 Å². The van der Waals surface area contributed by atoms with E-state index < -0.39 is 0 Å². The SMILES string of the molecule is CN(C(=O)c1cccc(Cl)c1)c1cccc(C#N)c1. The van der Waals surface area contributed by atoms with Gasteiger partial charge >= 0.3 is 0 Å². The molecule has 0 unspecified atom stereocenters. The fourth-order valence-electron chi connectivity index (χ4n) is 1.72. The van der Waals surface area contributed by atoms with Gasteiger partial charge in [-0.1, -0.05) is 23.7 Å². The van der Waals surface area contributed by atoms with Crippen LogP contribution in [-0.2, 0) is 0 Å². The maximum atomic E-state index is 12.3. The van der Waals surface area contributed by atoms with Gasteiger partial charge in [-0.05, 0) is 36.4 Å². The van der Waals surface area contributed by atoms with Gasteiger partial charge in [0.15, 0.2) is 0 Å². The smallest absolute Gasteiger partial charge is 0.258 e. The molecule has 3 nitrogen and oxygen atoms in total. The molecule has 2 aromatic rings. The second-order valence-corrected chi connectivity index (χ2v) is 4.47. The van der Waals surface area contributed by atoms with Gasteiger partial charge in [0.2, 0.25) is 0 Å². The van der Waals surface area contributed by atoms with Crippen LogP contribution in [-0.4, -0.2) is 13.0 Å². The number of carbonyl (C=O) groups excluding carboxylic acids is 1. The molecule has 2 rings (SSSR count). The van der Waals surface area contributed by atoms with E-state index in [-0.39, 0.29) is 5.91 Å². The van der Waals surface area contributed by atoms with Crippen LogP contribution in [0, 0.1) is 11.3 Å². The summed E-state index contributed by atoms with van der Waals surface area (Å²) in [6, 6.07) is 15.7. The van der Waals surface area contributed by atoms with E-state index in [1.54, 1.807) is 55.6 Å². The average molecular weight is 271 g/mol. The van der Waals surface area contributed by atoms with Crippen LogP contribution < -0.4 is 4.90 Å². The van der Waals surface area contributed by atoms with Crippen molar-refractivity contribution in [2.75, 3.05) is 11.9 Å².